The van der Waals surface area contributed by atoms with E-state index in [2.05, 4.69) is 15.3 Å². The fourth-order valence-electron chi connectivity index (χ4n) is 2.70. The molecular weight excluding hydrogens is 384 g/mol. The van der Waals surface area contributed by atoms with Crippen molar-refractivity contribution in [3.8, 4) is 0 Å². The average Bonchev–Trinajstić information content (AvgIpc) is 3.14. The lowest BCUT2D eigenvalue weighted by atomic mass is 10.2. The third kappa shape index (κ3) is 4.65. The summed E-state index contributed by atoms with van der Waals surface area (Å²) < 4.78 is 5.44. The van der Waals surface area contributed by atoms with Gasteiger partial charge in [-0.2, -0.15) is 0 Å². The molecule has 9 heteroatoms. The molecule has 0 aromatic carbocycles. The molecule has 0 unspecified atom stereocenters. The van der Waals surface area contributed by atoms with E-state index in [1.807, 2.05) is 34.6 Å². The number of amides is 2. The SMILES string of the molecule is CCc1nc(C)c(C(=O)Nc2nc3c(s2)CN(C(=O)OC(C)(C)C)CC3)s1. The molecule has 27 heavy (non-hydrogen) atoms. The van der Waals surface area contributed by atoms with Gasteiger partial charge in [0.1, 0.15) is 10.5 Å². The summed E-state index contributed by atoms with van der Waals surface area (Å²) in [6.45, 7) is 10.4. The Morgan fingerprint density at radius 2 is 2.00 bits per heavy atom. The molecule has 1 aliphatic rings. The largest absolute Gasteiger partial charge is 0.444 e. The van der Waals surface area contributed by atoms with Crippen molar-refractivity contribution in [2.24, 2.45) is 0 Å². The summed E-state index contributed by atoms with van der Waals surface area (Å²) >= 11 is 2.82. The zero-order chi connectivity index (χ0) is 19.8. The number of hydrogen-bond donors (Lipinski definition) is 1. The molecule has 0 atom stereocenters. The third-order valence-corrected chi connectivity index (χ3v) is 6.25. The number of nitrogens with zero attached hydrogens (tertiary/aromatic N) is 3. The number of carbonyl (C=O) groups excluding carboxylic acids is 2. The first-order chi connectivity index (χ1) is 12.7. The van der Waals surface area contributed by atoms with Crippen LogP contribution in [-0.2, 0) is 24.1 Å². The Morgan fingerprint density at radius 1 is 1.26 bits per heavy atom. The van der Waals surface area contributed by atoms with Crippen molar-refractivity contribution < 1.29 is 14.3 Å². The van der Waals surface area contributed by atoms with Crippen LogP contribution in [0.15, 0.2) is 0 Å². The lowest BCUT2D eigenvalue weighted by molar-refractivity contribution is 0.0225. The predicted molar refractivity (Wildman–Crippen MR) is 107 cm³/mol. The first-order valence-corrected chi connectivity index (χ1v) is 10.5. The van der Waals surface area contributed by atoms with Gasteiger partial charge in [0, 0.05) is 17.8 Å². The molecule has 1 N–H and O–H groups in total. The minimum absolute atomic E-state index is 0.181. The van der Waals surface area contributed by atoms with E-state index in [0.29, 0.717) is 29.5 Å². The van der Waals surface area contributed by atoms with Crippen LogP contribution in [0, 0.1) is 6.92 Å². The number of aromatic nitrogens is 2. The standard InChI is InChI=1S/C18H24N4O3S2/c1-6-13-19-10(2)14(27-13)15(23)21-16-20-11-7-8-22(9-12(11)26-16)17(24)25-18(3,4)5/h6-9H2,1-5H3,(H,20,21,23). The Labute approximate surface area is 166 Å². The number of aryl methyl sites for hydroxylation is 2. The summed E-state index contributed by atoms with van der Waals surface area (Å²) in [5.41, 5.74) is 1.16. The molecule has 3 heterocycles. The van der Waals surface area contributed by atoms with Crippen molar-refractivity contribution in [3.05, 3.63) is 26.1 Å². The fraction of sp³-hybridized carbons (Fsp3) is 0.556. The second kappa shape index (κ2) is 7.55. The first kappa shape index (κ1) is 19.8. The van der Waals surface area contributed by atoms with E-state index >= 15 is 0 Å². The van der Waals surface area contributed by atoms with Gasteiger partial charge in [-0.05, 0) is 34.1 Å². The highest BCUT2D eigenvalue weighted by molar-refractivity contribution is 7.16. The minimum Gasteiger partial charge on any atom is -0.444 e. The Kier molecular flexibility index (Phi) is 5.53. The van der Waals surface area contributed by atoms with Crippen LogP contribution < -0.4 is 5.32 Å². The number of fused-ring (bicyclic) bond motifs is 1. The molecular formula is C18H24N4O3S2. The number of nitrogens with one attached hydrogen (secondary N) is 1. The Balaban J connectivity index is 1.68. The first-order valence-electron chi connectivity index (χ1n) is 8.90. The summed E-state index contributed by atoms with van der Waals surface area (Å²) in [5.74, 6) is -0.181. The van der Waals surface area contributed by atoms with Crippen LogP contribution >= 0.6 is 22.7 Å². The van der Waals surface area contributed by atoms with E-state index in [0.717, 1.165) is 27.7 Å². The monoisotopic (exact) mass is 408 g/mol. The zero-order valence-electron chi connectivity index (χ0n) is 16.2. The molecule has 0 spiro atoms. The van der Waals surface area contributed by atoms with Crippen LogP contribution in [-0.4, -0.2) is 39.0 Å². The lowest BCUT2D eigenvalue weighted by Crippen LogP contribution is -2.39. The van der Waals surface area contributed by atoms with Crippen LogP contribution in [0.2, 0.25) is 0 Å². The smallest absolute Gasteiger partial charge is 0.410 e. The molecule has 2 aromatic heterocycles. The molecule has 0 bridgehead atoms. The van der Waals surface area contributed by atoms with Crippen molar-refractivity contribution in [1.82, 2.24) is 14.9 Å². The van der Waals surface area contributed by atoms with E-state index in [4.69, 9.17) is 4.74 Å². The van der Waals surface area contributed by atoms with Gasteiger partial charge in [0.25, 0.3) is 5.91 Å². The molecule has 0 fully saturated rings. The van der Waals surface area contributed by atoms with Crippen LogP contribution in [0.25, 0.3) is 0 Å². The highest BCUT2D eigenvalue weighted by Gasteiger charge is 2.28. The van der Waals surface area contributed by atoms with E-state index in [1.54, 1.807) is 4.90 Å². The number of anilines is 1. The molecule has 0 saturated heterocycles. The van der Waals surface area contributed by atoms with Gasteiger partial charge < -0.3 is 9.64 Å². The lowest BCUT2D eigenvalue weighted by Gasteiger charge is -2.29. The molecule has 3 rings (SSSR count). The Morgan fingerprint density at radius 3 is 2.63 bits per heavy atom. The Bertz CT molecular complexity index is 867. The predicted octanol–water partition coefficient (Wildman–Crippen LogP) is 4.02. The highest BCUT2D eigenvalue weighted by atomic mass is 32.1. The zero-order valence-corrected chi connectivity index (χ0v) is 17.8. The van der Waals surface area contributed by atoms with Gasteiger partial charge in [0.05, 0.1) is 22.9 Å². The van der Waals surface area contributed by atoms with Crippen molar-refractivity contribution in [3.63, 3.8) is 0 Å². The number of thiazole rings is 2. The van der Waals surface area contributed by atoms with E-state index in [9.17, 15) is 9.59 Å². The second-order valence-electron chi connectivity index (χ2n) is 7.37. The van der Waals surface area contributed by atoms with Crippen molar-refractivity contribution in [2.45, 2.75) is 59.6 Å². The topological polar surface area (TPSA) is 84.4 Å². The minimum atomic E-state index is -0.520. The Hall–Kier alpha value is -2.00. The summed E-state index contributed by atoms with van der Waals surface area (Å²) in [4.78, 5) is 37.0. The molecule has 0 aliphatic carbocycles. The molecule has 0 radical (unpaired) electrons. The van der Waals surface area contributed by atoms with Crippen molar-refractivity contribution in [2.75, 3.05) is 11.9 Å². The van der Waals surface area contributed by atoms with Crippen molar-refractivity contribution in [1.29, 1.82) is 0 Å². The maximum atomic E-state index is 12.5. The summed E-state index contributed by atoms with van der Waals surface area (Å²) in [5, 5.41) is 4.39. The number of ether oxygens (including phenoxy) is 1. The average molecular weight is 409 g/mol. The normalized spacial score (nSPS) is 14.0. The van der Waals surface area contributed by atoms with E-state index in [-0.39, 0.29) is 12.0 Å². The summed E-state index contributed by atoms with van der Waals surface area (Å²) in [6, 6.07) is 0. The highest BCUT2D eigenvalue weighted by Crippen LogP contribution is 2.30. The van der Waals surface area contributed by atoms with Crippen LogP contribution in [0.3, 0.4) is 0 Å². The maximum Gasteiger partial charge on any atom is 0.410 e. The van der Waals surface area contributed by atoms with Gasteiger partial charge in [0.15, 0.2) is 5.13 Å². The van der Waals surface area contributed by atoms with Gasteiger partial charge in [0.2, 0.25) is 0 Å². The van der Waals surface area contributed by atoms with Gasteiger partial charge in [-0.25, -0.2) is 14.8 Å². The van der Waals surface area contributed by atoms with Gasteiger partial charge in [-0.15, -0.1) is 11.3 Å². The summed E-state index contributed by atoms with van der Waals surface area (Å²) in [7, 11) is 0. The number of carbonyl (C=O) groups is 2. The molecule has 2 aromatic rings. The summed E-state index contributed by atoms with van der Waals surface area (Å²) in [6.07, 6.45) is 1.14. The van der Waals surface area contributed by atoms with Gasteiger partial charge >= 0.3 is 6.09 Å². The van der Waals surface area contributed by atoms with Crippen LogP contribution in [0.4, 0.5) is 9.93 Å². The molecule has 2 amide bonds. The maximum absolute atomic E-state index is 12.5. The molecule has 0 saturated carbocycles. The molecule has 7 nitrogen and oxygen atoms in total. The second-order valence-corrected chi connectivity index (χ2v) is 9.54. The van der Waals surface area contributed by atoms with Crippen LogP contribution in [0.5, 0.6) is 0 Å². The molecule has 1 aliphatic heterocycles. The number of hydrogen-bond acceptors (Lipinski definition) is 7. The van der Waals surface area contributed by atoms with Gasteiger partial charge in [-0.3, -0.25) is 10.1 Å². The van der Waals surface area contributed by atoms with E-state index in [1.165, 1.54) is 22.7 Å². The fourth-order valence-corrected chi connectivity index (χ4v) is 4.62. The van der Waals surface area contributed by atoms with E-state index < -0.39 is 5.60 Å². The van der Waals surface area contributed by atoms with Gasteiger partial charge in [-0.1, -0.05) is 18.3 Å². The molecule has 146 valence electrons. The van der Waals surface area contributed by atoms with Crippen LogP contribution in [0.1, 0.15) is 58.6 Å². The van der Waals surface area contributed by atoms with Crippen molar-refractivity contribution >= 4 is 39.8 Å². The quantitative estimate of drug-likeness (QED) is 0.829. The number of rotatable bonds is 3. The third-order valence-electron chi connectivity index (χ3n) is 3.95.